The average molecular weight is 262 g/mol. The van der Waals surface area contributed by atoms with Crippen molar-refractivity contribution >= 4 is 11.9 Å². The number of aromatic carboxylic acids is 1. The molecule has 1 aliphatic rings. The van der Waals surface area contributed by atoms with Crippen molar-refractivity contribution in [2.24, 2.45) is 0 Å². The van der Waals surface area contributed by atoms with Gasteiger partial charge < -0.3 is 10.0 Å². The number of carboxylic acids is 1. The molecule has 0 spiro atoms. The van der Waals surface area contributed by atoms with Crippen LogP contribution in [0.15, 0.2) is 18.2 Å². The maximum Gasteiger partial charge on any atom is 0.335 e. The number of nitrogens with zero attached hydrogens (tertiary/aromatic N) is 2. The number of likely N-dealkylation sites (N-methyl/N-ethyl adjacent to an activating group) is 1. The Balaban J connectivity index is 2.04. The fraction of sp³-hybridized carbons (Fsp3) is 0.429. The lowest BCUT2D eigenvalue weighted by molar-refractivity contribution is -0.131. The largest absolute Gasteiger partial charge is 0.478 e. The van der Waals surface area contributed by atoms with Gasteiger partial charge in [-0.3, -0.25) is 9.69 Å². The van der Waals surface area contributed by atoms with E-state index in [9.17, 15) is 9.59 Å². The lowest BCUT2D eigenvalue weighted by Crippen LogP contribution is -2.35. The highest BCUT2D eigenvalue weighted by Gasteiger charge is 2.22. The van der Waals surface area contributed by atoms with Crippen LogP contribution in [-0.4, -0.2) is 46.9 Å². The van der Waals surface area contributed by atoms with Gasteiger partial charge in [0, 0.05) is 26.7 Å². The topological polar surface area (TPSA) is 60.9 Å². The van der Waals surface area contributed by atoms with Gasteiger partial charge in [0.25, 0.3) is 0 Å². The van der Waals surface area contributed by atoms with Crippen molar-refractivity contribution in [1.29, 1.82) is 0 Å². The minimum atomic E-state index is -0.914. The van der Waals surface area contributed by atoms with Crippen LogP contribution in [0.3, 0.4) is 0 Å². The Morgan fingerprint density at radius 3 is 2.63 bits per heavy atom. The zero-order chi connectivity index (χ0) is 14.0. The van der Waals surface area contributed by atoms with Crippen LogP contribution in [0.2, 0.25) is 0 Å². The Morgan fingerprint density at radius 2 is 2.00 bits per heavy atom. The van der Waals surface area contributed by atoms with E-state index in [-0.39, 0.29) is 5.91 Å². The second kappa shape index (κ2) is 5.40. The number of hydrogen-bond donors (Lipinski definition) is 1. The van der Waals surface area contributed by atoms with Gasteiger partial charge in [-0.25, -0.2) is 4.79 Å². The molecule has 2 rings (SSSR count). The van der Waals surface area contributed by atoms with Gasteiger partial charge in [-0.1, -0.05) is 6.07 Å². The third kappa shape index (κ3) is 2.93. The Labute approximate surface area is 112 Å². The molecule has 0 unspecified atom stereocenters. The van der Waals surface area contributed by atoms with E-state index in [0.29, 0.717) is 31.7 Å². The van der Waals surface area contributed by atoms with Crippen LogP contribution in [0, 0.1) is 0 Å². The van der Waals surface area contributed by atoms with Gasteiger partial charge in [-0.05, 0) is 30.2 Å². The van der Waals surface area contributed by atoms with Crippen LogP contribution in [-0.2, 0) is 17.9 Å². The first-order valence-corrected chi connectivity index (χ1v) is 6.32. The Morgan fingerprint density at radius 1 is 1.32 bits per heavy atom. The predicted molar refractivity (Wildman–Crippen MR) is 70.8 cm³/mol. The molecule has 0 saturated carbocycles. The molecule has 1 aromatic rings. The predicted octanol–water partition coefficient (Wildman–Crippen LogP) is 1.18. The Bertz CT molecular complexity index is 513. The molecule has 1 aliphatic heterocycles. The van der Waals surface area contributed by atoms with Crippen molar-refractivity contribution in [3.8, 4) is 0 Å². The second-order valence-corrected chi connectivity index (χ2v) is 4.84. The summed E-state index contributed by atoms with van der Waals surface area (Å²) in [5.41, 5.74) is 2.42. The number of amides is 1. The van der Waals surface area contributed by atoms with E-state index in [1.807, 2.05) is 17.9 Å². The average Bonchev–Trinajstić information content (AvgIpc) is 2.78. The minimum absolute atomic E-state index is 0.0914. The van der Waals surface area contributed by atoms with Gasteiger partial charge in [0.15, 0.2) is 0 Å². The number of hydrogen-bond acceptors (Lipinski definition) is 3. The van der Waals surface area contributed by atoms with Crippen molar-refractivity contribution in [1.82, 2.24) is 9.80 Å². The fourth-order valence-electron chi connectivity index (χ4n) is 2.20. The molecule has 0 radical (unpaired) electrons. The number of carbonyl (C=O) groups is 2. The lowest BCUT2D eigenvalue weighted by atomic mass is 10.1. The number of benzene rings is 1. The first-order chi connectivity index (χ1) is 9.01. The van der Waals surface area contributed by atoms with Gasteiger partial charge in [-0.2, -0.15) is 0 Å². The molecule has 5 heteroatoms. The van der Waals surface area contributed by atoms with Crippen LogP contribution >= 0.6 is 0 Å². The first-order valence-electron chi connectivity index (χ1n) is 6.32. The SMILES string of the molecule is CCN(C)C(=O)CN1Cc2ccc(C(=O)O)cc2C1. The van der Waals surface area contributed by atoms with E-state index in [1.54, 1.807) is 24.1 Å². The van der Waals surface area contributed by atoms with Crippen LogP contribution in [0.1, 0.15) is 28.4 Å². The number of rotatable bonds is 4. The molecule has 0 aliphatic carbocycles. The summed E-state index contributed by atoms with van der Waals surface area (Å²) >= 11 is 0. The molecule has 1 N–H and O–H groups in total. The van der Waals surface area contributed by atoms with Gasteiger partial charge in [0.1, 0.15) is 0 Å². The summed E-state index contributed by atoms with van der Waals surface area (Å²) in [4.78, 5) is 26.5. The smallest absolute Gasteiger partial charge is 0.335 e. The third-order valence-electron chi connectivity index (χ3n) is 3.50. The molecule has 19 heavy (non-hydrogen) atoms. The first kappa shape index (κ1) is 13.5. The van der Waals surface area contributed by atoms with Crippen molar-refractivity contribution in [3.63, 3.8) is 0 Å². The molecule has 1 aromatic carbocycles. The monoisotopic (exact) mass is 262 g/mol. The molecule has 102 valence electrons. The second-order valence-electron chi connectivity index (χ2n) is 4.84. The van der Waals surface area contributed by atoms with Crippen LogP contribution in [0.5, 0.6) is 0 Å². The van der Waals surface area contributed by atoms with E-state index in [4.69, 9.17) is 5.11 Å². The molecule has 0 atom stereocenters. The molecule has 1 heterocycles. The van der Waals surface area contributed by atoms with Gasteiger partial charge in [0.2, 0.25) is 5.91 Å². The number of carbonyl (C=O) groups excluding carboxylic acids is 1. The lowest BCUT2D eigenvalue weighted by Gasteiger charge is -2.19. The van der Waals surface area contributed by atoms with Gasteiger partial charge in [-0.15, -0.1) is 0 Å². The normalized spacial score (nSPS) is 14.2. The van der Waals surface area contributed by atoms with Crippen molar-refractivity contribution in [2.45, 2.75) is 20.0 Å². The molecular formula is C14H18N2O3. The summed E-state index contributed by atoms with van der Waals surface area (Å²) in [5.74, 6) is -0.822. The van der Waals surface area contributed by atoms with E-state index in [1.165, 1.54) is 0 Å². The molecule has 1 amide bonds. The fourth-order valence-corrected chi connectivity index (χ4v) is 2.20. The molecule has 5 nitrogen and oxygen atoms in total. The summed E-state index contributed by atoms with van der Waals surface area (Å²) in [7, 11) is 1.79. The third-order valence-corrected chi connectivity index (χ3v) is 3.50. The van der Waals surface area contributed by atoms with Crippen molar-refractivity contribution in [2.75, 3.05) is 20.1 Å². The van der Waals surface area contributed by atoms with Crippen molar-refractivity contribution in [3.05, 3.63) is 34.9 Å². The highest BCUT2D eigenvalue weighted by molar-refractivity contribution is 5.88. The van der Waals surface area contributed by atoms with E-state index < -0.39 is 5.97 Å². The quantitative estimate of drug-likeness (QED) is 0.885. The van der Waals surface area contributed by atoms with E-state index in [2.05, 4.69) is 0 Å². The number of carboxylic acid groups (broad SMARTS) is 1. The molecule has 0 aromatic heterocycles. The van der Waals surface area contributed by atoms with Gasteiger partial charge in [0.05, 0.1) is 12.1 Å². The van der Waals surface area contributed by atoms with Crippen LogP contribution in [0.25, 0.3) is 0 Å². The van der Waals surface area contributed by atoms with Gasteiger partial charge >= 0.3 is 5.97 Å². The van der Waals surface area contributed by atoms with E-state index in [0.717, 1.165) is 11.1 Å². The molecule has 0 saturated heterocycles. The summed E-state index contributed by atoms with van der Waals surface area (Å²) in [5, 5.41) is 8.96. The zero-order valence-electron chi connectivity index (χ0n) is 11.2. The molecule has 0 fully saturated rings. The van der Waals surface area contributed by atoms with Crippen LogP contribution in [0.4, 0.5) is 0 Å². The standard InChI is InChI=1S/C14H18N2O3/c1-3-15(2)13(17)9-16-7-11-5-4-10(14(18)19)6-12(11)8-16/h4-6H,3,7-9H2,1-2H3,(H,18,19). The summed E-state index contributed by atoms with van der Waals surface area (Å²) in [6.45, 7) is 4.36. The van der Waals surface area contributed by atoms with Crippen molar-refractivity contribution < 1.29 is 14.7 Å². The summed E-state index contributed by atoms with van der Waals surface area (Å²) in [6, 6.07) is 5.16. The van der Waals surface area contributed by atoms with E-state index >= 15 is 0 Å². The van der Waals surface area contributed by atoms with Crippen LogP contribution < -0.4 is 0 Å². The molecular weight excluding hydrogens is 244 g/mol. The Hall–Kier alpha value is -1.88. The zero-order valence-corrected chi connectivity index (χ0v) is 11.2. The maximum atomic E-state index is 11.8. The molecule has 0 bridgehead atoms. The minimum Gasteiger partial charge on any atom is -0.478 e. The summed E-state index contributed by atoms with van der Waals surface area (Å²) in [6.07, 6.45) is 0. The summed E-state index contributed by atoms with van der Waals surface area (Å²) < 4.78 is 0. The number of fused-ring (bicyclic) bond motifs is 1. The highest BCUT2D eigenvalue weighted by Crippen LogP contribution is 2.23. The Kier molecular flexibility index (Phi) is 3.85. The highest BCUT2D eigenvalue weighted by atomic mass is 16.4. The maximum absolute atomic E-state index is 11.8.